The fraction of sp³-hybridized carbons (Fsp3) is 0.188. The van der Waals surface area contributed by atoms with Gasteiger partial charge in [0.05, 0.1) is 0 Å². The third kappa shape index (κ3) is 2.46. The molecule has 0 radical (unpaired) electrons. The highest BCUT2D eigenvalue weighted by Gasteiger charge is 2.53. The van der Waals surface area contributed by atoms with E-state index in [1.807, 2.05) is 18.2 Å². The van der Waals surface area contributed by atoms with E-state index in [0.29, 0.717) is 20.9 Å². The van der Waals surface area contributed by atoms with E-state index in [-0.39, 0.29) is 6.03 Å². The summed E-state index contributed by atoms with van der Waals surface area (Å²) in [5.41, 5.74) is 0.628. The number of carbonyl (C=O) groups is 1. The van der Waals surface area contributed by atoms with Crippen molar-refractivity contribution in [3.05, 3.63) is 64.1 Å². The molecule has 2 atom stereocenters. The monoisotopic (exact) mass is 368 g/mol. The van der Waals surface area contributed by atoms with Gasteiger partial charge in [-0.05, 0) is 24.3 Å². The molecule has 0 saturated carbocycles. The average Bonchev–Trinajstić information content (AvgIpc) is 2.71. The summed E-state index contributed by atoms with van der Waals surface area (Å²) in [5.74, 6) is -0.646. The lowest BCUT2D eigenvalue weighted by atomic mass is 10.2. The SMILES string of the molecule is CN1C(=O)N(C)P(=O)(c2ccccc2)C1c1ccc(Cl)cc1Cl. The molecule has 1 fully saturated rings. The molecular formula is C16H15Cl2N2O2P. The first kappa shape index (κ1) is 16.4. The first-order valence-corrected chi connectivity index (χ1v) is 9.47. The van der Waals surface area contributed by atoms with Crippen LogP contribution in [-0.4, -0.2) is 29.7 Å². The number of hydrogen-bond donors (Lipinski definition) is 0. The second kappa shape index (κ2) is 5.86. The van der Waals surface area contributed by atoms with Crippen LogP contribution in [0.3, 0.4) is 0 Å². The smallest absolute Gasteiger partial charge is 0.311 e. The third-order valence-corrected chi connectivity index (χ3v) is 8.04. The van der Waals surface area contributed by atoms with Gasteiger partial charge in [-0.1, -0.05) is 47.5 Å². The minimum atomic E-state index is -3.22. The van der Waals surface area contributed by atoms with Crippen molar-refractivity contribution in [3.63, 3.8) is 0 Å². The lowest BCUT2D eigenvalue weighted by Crippen LogP contribution is -2.26. The van der Waals surface area contributed by atoms with E-state index in [9.17, 15) is 9.36 Å². The van der Waals surface area contributed by atoms with E-state index in [1.54, 1.807) is 44.4 Å². The maximum atomic E-state index is 13.9. The minimum Gasteiger partial charge on any atom is -0.311 e. The Kier molecular flexibility index (Phi) is 4.18. The van der Waals surface area contributed by atoms with E-state index in [2.05, 4.69) is 0 Å². The topological polar surface area (TPSA) is 40.6 Å². The number of amides is 2. The van der Waals surface area contributed by atoms with Crippen LogP contribution in [0.25, 0.3) is 0 Å². The van der Waals surface area contributed by atoms with Gasteiger partial charge in [-0.25, -0.2) is 4.79 Å². The van der Waals surface area contributed by atoms with Gasteiger partial charge in [0.25, 0.3) is 0 Å². The summed E-state index contributed by atoms with van der Waals surface area (Å²) >= 11 is 12.3. The fourth-order valence-corrected chi connectivity index (χ4v) is 6.63. The number of rotatable bonds is 2. The molecule has 1 heterocycles. The molecule has 1 saturated heterocycles. The number of hydrogen-bond acceptors (Lipinski definition) is 2. The van der Waals surface area contributed by atoms with Crippen molar-refractivity contribution < 1.29 is 9.36 Å². The number of nitrogens with zero attached hydrogens (tertiary/aromatic N) is 2. The Bertz CT molecular complexity index is 813. The second-order valence-corrected chi connectivity index (χ2v) is 9.11. The van der Waals surface area contributed by atoms with Gasteiger partial charge in [0.15, 0.2) is 0 Å². The summed E-state index contributed by atoms with van der Waals surface area (Å²) in [6.07, 6.45) is 0. The van der Waals surface area contributed by atoms with Crippen molar-refractivity contribution in [2.75, 3.05) is 14.1 Å². The summed E-state index contributed by atoms with van der Waals surface area (Å²) in [6.45, 7) is 0. The molecule has 1 aliphatic heterocycles. The summed E-state index contributed by atoms with van der Waals surface area (Å²) in [7, 11) is -0.0158. The van der Waals surface area contributed by atoms with Crippen LogP contribution in [0.5, 0.6) is 0 Å². The quantitative estimate of drug-likeness (QED) is 0.727. The second-order valence-electron chi connectivity index (χ2n) is 5.42. The molecule has 2 aromatic carbocycles. The van der Waals surface area contributed by atoms with Crippen molar-refractivity contribution in [1.29, 1.82) is 0 Å². The molecule has 7 heteroatoms. The Hall–Kier alpha value is -1.48. The Labute approximate surface area is 145 Å². The van der Waals surface area contributed by atoms with Crippen LogP contribution in [0.4, 0.5) is 4.79 Å². The molecule has 23 heavy (non-hydrogen) atoms. The first-order valence-electron chi connectivity index (χ1n) is 6.98. The molecule has 0 aromatic heterocycles. The van der Waals surface area contributed by atoms with Crippen LogP contribution >= 0.6 is 30.5 Å². The Morgan fingerprint density at radius 1 is 1.04 bits per heavy atom. The summed E-state index contributed by atoms with van der Waals surface area (Å²) < 4.78 is 15.2. The number of urea groups is 1. The zero-order valence-electron chi connectivity index (χ0n) is 12.6. The van der Waals surface area contributed by atoms with Crippen molar-refractivity contribution in [3.8, 4) is 0 Å². The molecule has 0 N–H and O–H groups in total. The number of benzene rings is 2. The van der Waals surface area contributed by atoms with Gasteiger partial charge >= 0.3 is 6.03 Å². The van der Waals surface area contributed by atoms with Gasteiger partial charge in [0.1, 0.15) is 5.78 Å². The Balaban J connectivity index is 2.23. The summed E-state index contributed by atoms with van der Waals surface area (Å²) in [4.78, 5) is 13.9. The zero-order chi connectivity index (χ0) is 16.8. The molecule has 2 unspecified atom stereocenters. The highest BCUT2D eigenvalue weighted by atomic mass is 35.5. The molecule has 0 spiro atoms. The molecule has 0 aliphatic carbocycles. The van der Waals surface area contributed by atoms with E-state index < -0.39 is 13.1 Å². The van der Waals surface area contributed by atoms with Crippen LogP contribution in [0.2, 0.25) is 10.0 Å². The average molecular weight is 369 g/mol. The van der Waals surface area contributed by atoms with E-state index in [0.717, 1.165) is 0 Å². The lowest BCUT2D eigenvalue weighted by molar-refractivity contribution is 0.202. The molecule has 0 bridgehead atoms. The van der Waals surface area contributed by atoms with Gasteiger partial charge in [-0.15, -0.1) is 0 Å². The van der Waals surface area contributed by atoms with Crippen LogP contribution in [-0.2, 0) is 4.57 Å². The lowest BCUT2D eigenvalue weighted by Gasteiger charge is -2.27. The van der Waals surface area contributed by atoms with E-state index in [1.165, 1.54) is 9.57 Å². The van der Waals surface area contributed by atoms with Crippen molar-refractivity contribution in [2.24, 2.45) is 0 Å². The molecule has 120 valence electrons. The highest BCUT2D eigenvalue weighted by molar-refractivity contribution is 7.70. The number of halogens is 2. The van der Waals surface area contributed by atoms with Gasteiger partial charge in [0.2, 0.25) is 7.29 Å². The van der Waals surface area contributed by atoms with Crippen molar-refractivity contribution in [2.45, 2.75) is 5.78 Å². The fourth-order valence-electron chi connectivity index (χ4n) is 2.92. The first-order chi connectivity index (χ1) is 10.9. The van der Waals surface area contributed by atoms with Crippen LogP contribution in [0.1, 0.15) is 11.3 Å². The molecule has 1 aliphatic rings. The van der Waals surface area contributed by atoms with Gasteiger partial charge in [-0.2, -0.15) is 0 Å². The summed E-state index contributed by atoms with van der Waals surface area (Å²) in [5, 5.41) is 1.51. The molecule has 2 aromatic rings. The normalized spacial score (nSPS) is 24.3. The Morgan fingerprint density at radius 3 is 2.30 bits per heavy atom. The maximum absolute atomic E-state index is 13.9. The van der Waals surface area contributed by atoms with Crippen LogP contribution < -0.4 is 5.30 Å². The van der Waals surface area contributed by atoms with E-state index in [4.69, 9.17) is 23.2 Å². The predicted molar refractivity (Wildman–Crippen MR) is 93.8 cm³/mol. The molecule has 3 rings (SSSR count). The summed E-state index contributed by atoms with van der Waals surface area (Å²) in [6, 6.07) is 13.8. The van der Waals surface area contributed by atoms with Crippen molar-refractivity contribution >= 4 is 41.8 Å². The Morgan fingerprint density at radius 2 is 1.70 bits per heavy atom. The van der Waals surface area contributed by atoms with Gasteiger partial charge in [0, 0.05) is 35.0 Å². The highest BCUT2D eigenvalue weighted by Crippen LogP contribution is 2.66. The minimum absolute atomic E-state index is 0.298. The standard InChI is InChI=1S/C16H15Cl2N2O2P/c1-19-15(13-9-8-11(17)10-14(13)18)23(22,20(2)16(19)21)12-6-4-3-5-7-12/h3-10,15H,1-2H3. The van der Waals surface area contributed by atoms with Crippen LogP contribution in [0, 0.1) is 0 Å². The molecular weight excluding hydrogens is 354 g/mol. The zero-order valence-corrected chi connectivity index (χ0v) is 15.0. The van der Waals surface area contributed by atoms with E-state index >= 15 is 0 Å². The van der Waals surface area contributed by atoms with Crippen molar-refractivity contribution in [1.82, 2.24) is 9.57 Å². The number of carbonyl (C=O) groups excluding carboxylic acids is 1. The van der Waals surface area contributed by atoms with Gasteiger partial charge in [-0.3, -0.25) is 9.24 Å². The predicted octanol–water partition coefficient (Wildman–Crippen LogP) is 4.59. The van der Waals surface area contributed by atoms with Crippen LogP contribution in [0.15, 0.2) is 48.5 Å². The molecule has 4 nitrogen and oxygen atoms in total. The third-order valence-electron chi connectivity index (χ3n) is 4.09. The maximum Gasteiger partial charge on any atom is 0.326 e. The van der Waals surface area contributed by atoms with Gasteiger partial charge < -0.3 is 4.90 Å². The molecule has 2 amide bonds. The largest absolute Gasteiger partial charge is 0.326 e.